The second-order valence-electron chi connectivity index (χ2n) is 7.07. The first-order valence-electron chi connectivity index (χ1n) is 12.0. The molecular weight excluding hydrogens is 284 g/mol. The van der Waals surface area contributed by atoms with Gasteiger partial charge in [0, 0.05) is 24.3 Å². The van der Waals surface area contributed by atoms with Crippen LogP contribution in [-0.2, 0) is 6.37 Å². The number of hydrogen-bond donors (Lipinski definition) is 1. The highest BCUT2D eigenvalue weighted by atomic mass is 16.5. The predicted octanol–water partition coefficient (Wildman–Crippen LogP) is 5.74. The van der Waals surface area contributed by atoms with Gasteiger partial charge >= 0.3 is 0 Å². The number of hydrogen-bond acceptors (Lipinski definition) is 2. The highest BCUT2D eigenvalue weighted by Gasteiger charge is 2.45. The van der Waals surface area contributed by atoms with E-state index in [2.05, 4.69) is 0 Å². The van der Waals surface area contributed by atoms with Gasteiger partial charge in [-0.1, -0.05) is 31.4 Å². The lowest BCUT2D eigenvalue weighted by atomic mass is 9.68. The van der Waals surface area contributed by atoms with E-state index < -0.39 is 36.5 Å². The van der Waals surface area contributed by atoms with Gasteiger partial charge in [-0.05, 0) is 64.0 Å². The quantitative estimate of drug-likeness (QED) is 0.717. The van der Waals surface area contributed by atoms with Crippen molar-refractivity contribution < 1.29 is 19.4 Å². The second-order valence-corrected chi connectivity index (χ2v) is 7.07. The van der Waals surface area contributed by atoms with E-state index in [-0.39, 0.29) is 35.3 Å². The fraction of sp³-hybridized carbons (Fsp3) is 0.619. The van der Waals surface area contributed by atoms with Crippen molar-refractivity contribution in [3.63, 3.8) is 0 Å². The van der Waals surface area contributed by atoms with Crippen LogP contribution >= 0.6 is 0 Å². The maximum Gasteiger partial charge on any atom is 0.127 e. The van der Waals surface area contributed by atoms with Crippen molar-refractivity contribution in [2.45, 2.75) is 77.6 Å². The summed E-state index contributed by atoms with van der Waals surface area (Å²) in [5.74, 6) is -0.974. The molecule has 1 aromatic carbocycles. The van der Waals surface area contributed by atoms with Gasteiger partial charge in [0.05, 0.1) is 2.74 Å². The van der Waals surface area contributed by atoms with Crippen molar-refractivity contribution in [3.8, 4) is 11.5 Å². The van der Waals surface area contributed by atoms with Crippen LogP contribution in [0.4, 0.5) is 0 Å². The van der Waals surface area contributed by atoms with Crippen LogP contribution in [0.15, 0.2) is 23.7 Å². The Hall–Kier alpha value is -1.44. The third kappa shape index (κ3) is 3.13. The van der Waals surface area contributed by atoms with Crippen LogP contribution in [0.2, 0.25) is 0 Å². The summed E-state index contributed by atoms with van der Waals surface area (Å²) in [6, 6.07) is -0.633. The van der Waals surface area contributed by atoms with Crippen molar-refractivity contribution in [1.29, 1.82) is 0 Å². The molecule has 0 amide bonds. The monoisotopic (exact) mass is 321 g/mol. The number of benzene rings is 1. The molecule has 0 bridgehead atoms. The molecule has 0 fully saturated rings. The van der Waals surface area contributed by atoms with Crippen LogP contribution in [0.25, 0.3) is 0 Å². The second kappa shape index (κ2) is 6.22. The molecule has 1 aliphatic carbocycles. The molecule has 1 heterocycles. The van der Waals surface area contributed by atoms with Crippen molar-refractivity contribution in [2.75, 3.05) is 0 Å². The number of ether oxygens (including phenoxy) is 1. The zero-order valence-corrected chi connectivity index (χ0v) is 14.1. The number of aromatic hydroxyl groups is 1. The van der Waals surface area contributed by atoms with Crippen molar-refractivity contribution >= 4 is 0 Å². The molecule has 23 heavy (non-hydrogen) atoms. The topological polar surface area (TPSA) is 29.5 Å². The van der Waals surface area contributed by atoms with Crippen LogP contribution in [0.1, 0.15) is 86.4 Å². The molecule has 126 valence electrons. The Morgan fingerprint density at radius 1 is 1.43 bits per heavy atom. The van der Waals surface area contributed by atoms with Gasteiger partial charge in [0.15, 0.2) is 0 Å². The van der Waals surface area contributed by atoms with Gasteiger partial charge in [0.25, 0.3) is 0 Å². The van der Waals surface area contributed by atoms with Crippen LogP contribution in [0.5, 0.6) is 11.5 Å². The molecule has 0 saturated heterocycles. The molecule has 1 N–H and O–H groups in total. The Kier molecular flexibility index (Phi) is 2.64. The SMILES string of the molecule is [2H]c1c(O)c2c(c([2H])c1C([2H])([2H])CCCC)OC(C)(C)[C@@H]1CCC(C([2H])([2H])[2H])=C[C@@H]21. The Balaban J connectivity index is 2.25. The summed E-state index contributed by atoms with van der Waals surface area (Å²) in [4.78, 5) is 0. The van der Waals surface area contributed by atoms with Gasteiger partial charge < -0.3 is 9.84 Å². The van der Waals surface area contributed by atoms with Gasteiger partial charge in [-0.2, -0.15) is 0 Å². The maximum absolute atomic E-state index is 10.9. The van der Waals surface area contributed by atoms with E-state index >= 15 is 0 Å². The molecular formula is C21H30O2. The maximum atomic E-state index is 10.9. The number of allylic oxidation sites excluding steroid dienone is 2. The summed E-state index contributed by atoms with van der Waals surface area (Å²) in [7, 11) is 0. The molecule has 1 aliphatic heterocycles. The number of fused-ring (bicyclic) bond motifs is 3. The van der Waals surface area contributed by atoms with Crippen molar-refractivity contribution in [1.82, 2.24) is 0 Å². The van der Waals surface area contributed by atoms with Gasteiger partial charge in [-0.3, -0.25) is 0 Å². The average Bonchev–Trinajstić information content (AvgIpc) is 2.63. The first-order valence-corrected chi connectivity index (χ1v) is 8.49. The van der Waals surface area contributed by atoms with Gasteiger partial charge in [0.2, 0.25) is 0 Å². The van der Waals surface area contributed by atoms with E-state index in [4.69, 9.17) is 14.3 Å². The van der Waals surface area contributed by atoms with Crippen molar-refractivity contribution in [2.24, 2.45) is 5.92 Å². The Labute approximate surface area is 150 Å². The summed E-state index contributed by atoms with van der Waals surface area (Å²) >= 11 is 0. The van der Waals surface area contributed by atoms with E-state index in [1.807, 2.05) is 20.8 Å². The lowest BCUT2D eigenvalue weighted by Crippen LogP contribution is -2.45. The molecule has 2 nitrogen and oxygen atoms in total. The van der Waals surface area contributed by atoms with E-state index in [1.54, 1.807) is 6.08 Å². The minimum absolute atomic E-state index is 0.0631. The van der Waals surface area contributed by atoms with E-state index in [9.17, 15) is 5.11 Å². The largest absolute Gasteiger partial charge is 0.507 e. The summed E-state index contributed by atoms with van der Waals surface area (Å²) in [6.07, 6.45) is 2.15. The highest BCUT2D eigenvalue weighted by Crippen LogP contribution is 2.53. The third-order valence-corrected chi connectivity index (χ3v) is 4.94. The zero-order chi connectivity index (χ0) is 22.6. The number of phenolic OH excluding ortho intramolecular Hbond substituents is 1. The molecule has 2 heteroatoms. The molecule has 0 radical (unpaired) electrons. The highest BCUT2D eigenvalue weighted by molar-refractivity contribution is 5.53. The minimum Gasteiger partial charge on any atom is -0.507 e. The van der Waals surface area contributed by atoms with E-state index in [0.29, 0.717) is 24.8 Å². The van der Waals surface area contributed by atoms with E-state index in [1.165, 1.54) is 0 Å². The van der Waals surface area contributed by atoms with Crippen LogP contribution in [0.3, 0.4) is 0 Å². The number of phenols is 1. The van der Waals surface area contributed by atoms with Gasteiger partial charge in [-0.15, -0.1) is 0 Å². The molecule has 1 aromatic rings. The molecule has 0 unspecified atom stereocenters. The fourth-order valence-electron chi connectivity index (χ4n) is 3.68. The number of unbranched alkanes of at least 4 members (excludes halogenated alkanes) is 1. The molecule has 2 atom stereocenters. The number of rotatable bonds is 4. The lowest BCUT2D eigenvalue weighted by Gasteiger charge is -2.46. The smallest absolute Gasteiger partial charge is 0.127 e. The molecule has 0 aromatic heterocycles. The van der Waals surface area contributed by atoms with Crippen LogP contribution in [-0.4, -0.2) is 10.7 Å². The normalized spacial score (nSPS) is 30.7. The summed E-state index contributed by atoms with van der Waals surface area (Å²) in [5, 5.41) is 10.9. The van der Waals surface area contributed by atoms with E-state index in [0.717, 1.165) is 6.42 Å². The zero-order valence-electron chi connectivity index (χ0n) is 21.1. The minimum atomic E-state index is -2.24. The molecule has 3 rings (SSSR count). The van der Waals surface area contributed by atoms with Crippen LogP contribution in [0, 0.1) is 5.92 Å². The first-order chi connectivity index (χ1) is 13.7. The standard InChI is InChI=1S/C21H30O2/c1-5-6-7-8-15-12-18(22)20-16-11-14(2)9-10-17(16)21(3,4)23-19(20)13-15/h11-13,16-17,22H,5-10H2,1-4H3/t16-,17-/m1/s1/i2D3,8D2,12D,13D. The summed E-state index contributed by atoms with van der Waals surface area (Å²) < 4.78 is 63.5. The summed E-state index contributed by atoms with van der Waals surface area (Å²) in [6.45, 7) is 3.44. The molecule has 0 spiro atoms. The molecule has 0 saturated carbocycles. The average molecular weight is 322 g/mol. The Morgan fingerprint density at radius 2 is 2.26 bits per heavy atom. The fourth-order valence-corrected chi connectivity index (χ4v) is 3.68. The van der Waals surface area contributed by atoms with Gasteiger partial charge in [0.1, 0.15) is 17.1 Å². The predicted molar refractivity (Wildman–Crippen MR) is 95.3 cm³/mol. The summed E-state index contributed by atoms with van der Waals surface area (Å²) in [5.41, 5.74) is -0.344. The first kappa shape index (κ1) is 9.76. The third-order valence-electron chi connectivity index (χ3n) is 4.94. The Morgan fingerprint density at radius 3 is 3.00 bits per heavy atom. The molecule has 2 aliphatic rings. The van der Waals surface area contributed by atoms with Gasteiger partial charge in [-0.25, -0.2) is 0 Å². The Bertz CT molecular complexity index is 871. The van der Waals surface area contributed by atoms with Crippen LogP contribution < -0.4 is 4.74 Å². The van der Waals surface area contributed by atoms with Crippen molar-refractivity contribution in [3.05, 3.63) is 34.9 Å². The lowest BCUT2D eigenvalue weighted by molar-refractivity contribution is 0.0107.